The van der Waals surface area contributed by atoms with Crippen LogP contribution in [0.3, 0.4) is 0 Å². The Kier molecular flexibility index (Phi) is 5.88. The van der Waals surface area contributed by atoms with Crippen LogP contribution in [-0.4, -0.2) is 46.3 Å². The molecule has 1 unspecified atom stereocenters. The molecule has 0 fully saturated rings. The summed E-state index contributed by atoms with van der Waals surface area (Å²) in [4.78, 5) is 16.8. The Labute approximate surface area is 169 Å². The molecule has 154 valence electrons. The Balaban J connectivity index is 1.77. The van der Waals surface area contributed by atoms with Crippen molar-refractivity contribution in [3.05, 3.63) is 35.5 Å². The first kappa shape index (κ1) is 20.8. The van der Waals surface area contributed by atoms with E-state index < -0.39 is 27.7 Å². The van der Waals surface area contributed by atoms with Crippen molar-refractivity contribution in [1.82, 2.24) is 30.9 Å². The lowest BCUT2D eigenvalue weighted by Crippen LogP contribution is -2.32. The number of thiazole rings is 1. The van der Waals surface area contributed by atoms with Gasteiger partial charge < -0.3 is 5.32 Å². The van der Waals surface area contributed by atoms with Crippen molar-refractivity contribution >= 4 is 32.3 Å². The molecule has 0 aliphatic rings. The molecule has 13 heteroatoms. The van der Waals surface area contributed by atoms with Gasteiger partial charge in [-0.05, 0) is 31.0 Å². The van der Waals surface area contributed by atoms with E-state index in [1.807, 2.05) is 6.92 Å². The largest absolute Gasteiger partial charge is 0.328 e. The van der Waals surface area contributed by atoms with Gasteiger partial charge in [0.25, 0.3) is 0 Å². The van der Waals surface area contributed by atoms with Crippen LogP contribution in [0.4, 0.5) is 14.3 Å². The minimum absolute atomic E-state index is 0.311. The van der Waals surface area contributed by atoms with E-state index in [2.05, 4.69) is 36.2 Å². The molecule has 0 bridgehead atoms. The number of nitrogens with zero attached hydrogens (tertiary/aromatic N) is 4. The molecule has 2 heterocycles. The minimum atomic E-state index is -3.66. The van der Waals surface area contributed by atoms with E-state index in [4.69, 9.17) is 0 Å². The summed E-state index contributed by atoms with van der Waals surface area (Å²) >= 11 is 1.15. The summed E-state index contributed by atoms with van der Waals surface area (Å²) in [6.45, 7) is 3.58. The highest BCUT2D eigenvalue weighted by Crippen LogP contribution is 2.34. The predicted molar refractivity (Wildman–Crippen MR) is 105 cm³/mol. The topological polar surface area (TPSA) is 143 Å². The van der Waals surface area contributed by atoms with E-state index in [0.717, 1.165) is 23.7 Å². The molecule has 0 saturated carbocycles. The number of urea groups is 1. The van der Waals surface area contributed by atoms with Crippen LogP contribution >= 0.6 is 11.3 Å². The zero-order valence-electron chi connectivity index (χ0n) is 15.7. The molecule has 3 aromatic rings. The van der Waals surface area contributed by atoms with Gasteiger partial charge in [-0.1, -0.05) is 29.5 Å². The Bertz CT molecular complexity index is 1130. The number of carbonyl (C=O) groups excluding carboxylic acids is 1. The fourth-order valence-electron chi connectivity index (χ4n) is 2.62. The molecule has 3 N–H and O–H groups in total. The van der Waals surface area contributed by atoms with Gasteiger partial charge in [0, 0.05) is 6.26 Å². The van der Waals surface area contributed by atoms with Crippen LogP contribution in [0, 0.1) is 12.7 Å². The standard InChI is InChI=1S/C16H18FN7O3S2/c1-4-11(14-21-23-24-22-14)19-15(25)20-16-18-8(2)13(28-16)9-5-6-12(10(17)7-9)29(3,26)27/h5-7,11H,4H2,1-3H3,(H2,18,19,20,25)(H,21,22,23,24). The van der Waals surface area contributed by atoms with Gasteiger partial charge in [-0.15, -0.1) is 10.2 Å². The first-order chi connectivity index (χ1) is 13.7. The van der Waals surface area contributed by atoms with Crippen molar-refractivity contribution in [2.24, 2.45) is 0 Å². The van der Waals surface area contributed by atoms with Gasteiger partial charge in [0.05, 0.1) is 16.6 Å². The number of hydrogen-bond acceptors (Lipinski definition) is 8. The molecule has 0 radical (unpaired) electrons. The van der Waals surface area contributed by atoms with Crippen molar-refractivity contribution < 1.29 is 17.6 Å². The van der Waals surface area contributed by atoms with Gasteiger partial charge in [0.15, 0.2) is 20.8 Å². The lowest BCUT2D eigenvalue weighted by Gasteiger charge is -2.12. The normalized spacial score (nSPS) is 12.6. The number of tetrazole rings is 1. The molecule has 29 heavy (non-hydrogen) atoms. The molecule has 2 aromatic heterocycles. The highest BCUT2D eigenvalue weighted by Gasteiger charge is 2.20. The maximum Gasteiger partial charge on any atom is 0.321 e. The Morgan fingerprint density at radius 3 is 2.72 bits per heavy atom. The number of aromatic nitrogens is 5. The third-order valence-corrected chi connectivity index (χ3v) is 6.25. The van der Waals surface area contributed by atoms with Crippen LogP contribution in [0.2, 0.25) is 0 Å². The lowest BCUT2D eigenvalue weighted by molar-refractivity contribution is 0.247. The van der Waals surface area contributed by atoms with Crippen LogP contribution < -0.4 is 10.6 Å². The minimum Gasteiger partial charge on any atom is -0.328 e. The number of sulfone groups is 1. The zero-order chi connectivity index (χ0) is 21.2. The molecular weight excluding hydrogens is 421 g/mol. The third-order valence-electron chi connectivity index (χ3n) is 4.00. The van der Waals surface area contributed by atoms with Crippen molar-refractivity contribution in [3.8, 4) is 10.4 Å². The number of rotatable bonds is 6. The van der Waals surface area contributed by atoms with Crippen LogP contribution in [0.5, 0.6) is 0 Å². The quantitative estimate of drug-likeness (QED) is 0.535. The smallest absolute Gasteiger partial charge is 0.321 e. The number of benzene rings is 1. The Morgan fingerprint density at radius 1 is 1.38 bits per heavy atom. The molecule has 1 aromatic carbocycles. The van der Waals surface area contributed by atoms with Gasteiger partial charge in [-0.2, -0.15) is 5.21 Å². The molecular formula is C16H18FN7O3S2. The number of aryl methyl sites for hydroxylation is 1. The van der Waals surface area contributed by atoms with Crippen LogP contribution in [-0.2, 0) is 9.84 Å². The molecule has 3 rings (SSSR count). The van der Waals surface area contributed by atoms with Gasteiger partial charge in [0.1, 0.15) is 10.7 Å². The Morgan fingerprint density at radius 2 is 2.14 bits per heavy atom. The molecule has 0 saturated heterocycles. The van der Waals surface area contributed by atoms with Gasteiger partial charge in [0.2, 0.25) is 0 Å². The highest BCUT2D eigenvalue weighted by atomic mass is 32.2. The third kappa shape index (κ3) is 4.74. The number of amides is 2. The van der Waals surface area contributed by atoms with Crippen LogP contribution in [0.25, 0.3) is 10.4 Å². The number of carbonyl (C=O) groups is 1. The summed E-state index contributed by atoms with van der Waals surface area (Å²) in [7, 11) is -3.66. The number of nitrogens with one attached hydrogen (secondary N) is 3. The monoisotopic (exact) mass is 439 g/mol. The second-order valence-electron chi connectivity index (χ2n) is 6.18. The molecule has 0 aliphatic heterocycles. The maximum absolute atomic E-state index is 14.2. The summed E-state index contributed by atoms with van der Waals surface area (Å²) in [5, 5.41) is 19.2. The number of aromatic amines is 1. The molecule has 0 aliphatic carbocycles. The van der Waals surface area contributed by atoms with E-state index in [1.165, 1.54) is 12.1 Å². The van der Waals surface area contributed by atoms with E-state index in [0.29, 0.717) is 33.5 Å². The second-order valence-corrected chi connectivity index (χ2v) is 9.16. The summed E-state index contributed by atoms with van der Waals surface area (Å²) in [6, 6.07) is 2.94. The average Bonchev–Trinajstić information content (AvgIpc) is 3.28. The number of anilines is 1. The summed E-state index contributed by atoms with van der Waals surface area (Å²) in [6.07, 6.45) is 1.50. The van der Waals surface area contributed by atoms with Crippen molar-refractivity contribution in [3.63, 3.8) is 0 Å². The fourth-order valence-corrected chi connectivity index (χ4v) is 4.30. The van der Waals surface area contributed by atoms with E-state index >= 15 is 0 Å². The molecule has 2 amide bonds. The average molecular weight is 439 g/mol. The van der Waals surface area contributed by atoms with Crippen molar-refractivity contribution in [2.45, 2.75) is 31.2 Å². The zero-order valence-corrected chi connectivity index (χ0v) is 17.4. The first-order valence-corrected chi connectivity index (χ1v) is 11.2. The lowest BCUT2D eigenvalue weighted by atomic mass is 10.1. The first-order valence-electron chi connectivity index (χ1n) is 8.47. The predicted octanol–water partition coefficient (Wildman–Crippen LogP) is 2.45. The number of H-pyrrole nitrogens is 1. The maximum atomic E-state index is 14.2. The summed E-state index contributed by atoms with van der Waals surface area (Å²) in [5.41, 5.74) is 1.04. The van der Waals surface area contributed by atoms with Crippen LogP contribution in [0.1, 0.15) is 30.9 Å². The second kappa shape index (κ2) is 8.21. The van der Waals surface area contributed by atoms with Crippen molar-refractivity contribution in [1.29, 1.82) is 0 Å². The SMILES string of the molecule is CCC(NC(=O)Nc1nc(C)c(-c2ccc(S(C)(=O)=O)c(F)c2)s1)c1nn[nH]n1. The summed E-state index contributed by atoms with van der Waals surface area (Å²) < 4.78 is 37.3. The van der Waals surface area contributed by atoms with Gasteiger partial charge in [-0.25, -0.2) is 22.6 Å². The van der Waals surface area contributed by atoms with Gasteiger partial charge >= 0.3 is 6.03 Å². The highest BCUT2D eigenvalue weighted by molar-refractivity contribution is 7.90. The molecule has 1 atom stereocenters. The molecule has 0 spiro atoms. The fraction of sp³-hybridized carbons (Fsp3) is 0.312. The summed E-state index contributed by atoms with van der Waals surface area (Å²) in [5.74, 6) is -0.476. The van der Waals surface area contributed by atoms with Gasteiger partial charge in [-0.3, -0.25) is 5.32 Å². The Hall–Kier alpha value is -2.93. The number of halogens is 1. The van der Waals surface area contributed by atoms with E-state index in [1.54, 1.807) is 6.92 Å². The van der Waals surface area contributed by atoms with E-state index in [-0.39, 0.29) is 4.90 Å². The van der Waals surface area contributed by atoms with Crippen molar-refractivity contribution in [2.75, 3.05) is 11.6 Å². The molecule has 10 nitrogen and oxygen atoms in total. The van der Waals surface area contributed by atoms with E-state index in [9.17, 15) is 17.6 Å². The van der Waals surface area contributed by atoms with Crippen LogP contribution in [0.15, 0.2) is 23.1 Å². The number of hydrogen-bond donors (Lipinski definition) is 3.